The van der Waals surface area contributed by atoms with Gasteiger partial charge in [0.25, 0.3) is 5.91 Å². The number of fused-ring (bicyclic) bond motifs is 2. The SMILES string of the molecule is CN1C(=O)[C@@H]2CCCN2C(=O)c2c1ccn2C. The number of likely N-dealkylation sites (N-methyl/N-ethyl adjacent to an activating group) is 1. The fourth-order valence-electron chi connectivity index (χ4n) is 2.79. The molecule has 0 unspecified atom stereocenters. The first-order valence-corrected chi connectivity index (χ1v) is 5.85. The van der Waals surface area contributed by atoms with Gasteiger partial charge in [-0.05, 0) is 18.9 Å². The molecule has 3 rings (SSSR count). The first-order chi connectivity index (χ1) is 8.11. The van der Waals surface area contributed by atoms with Gasteiger partial charge in [0.05, 0.1) is 5.69 Å². The number of amides is 2. The molecule has 0 bridgehead atoms. The molecule has 0 N–H and O–H groups in total. The molecule has 17 heavy (non-hydrogen) atoms. The van der Waals surface area contributed by atoms with E-state index >= 15 is 0 Å². The molecule has 0 saturated carbocycles. The number of anilines is 1. The molecule has 1 atom stereocenters. The van der Waals surface area contributed by atoms with Gasteiger partial charge in [-0.3, -0.25) is 9.59 Å². The Bertz CT molecular complexity index is 506. The Balaban J connectivity index is 2.18. The third-order valence-corrected chi connectivity index (χ3v) is 3.74. The second kappa shape index (κ2) is 3.35. The molecule has 0 aromatic carbocycles. The summed E-state index contributed by atoms with van der Waals surface area (Å²) in [6.45, 7) is 0.688. The Morgan fingerprint density at radius 3 is 2.82 bits per heavy atom. The number of aryl methyl sites for hydroxylation is 1. The van der Waals surface area contributed by atoms with Crippen LogP contribution >= 0.6 is 0 Å². The molecular formula is C12H15N3O2. The highest BCUT2D eigenvalue weighted by Gasteiger charge is 2.41. The second-order valence-corrected chi connectivity index (χ2v) is 4.71. The molecule has 2 aliphatic heterocycles. The van der Waals surface area contributed by atoms with Gasteiger partial charge < -0.3 is 14.4 Å². The van der Waals surface area contributed by atoms with Gasteiger partial charge in [0.1, 0.15) is 11.7 Å². The minimum Gasteiger partial charge on any atom is -0.345 e. The fraction of sp³-hybridized carbons (Fsp3) is 0.500. The highest BCUT2D eigenvalue weighted by Crippen LogP contribution is 2.31. The molecule has 2 amide bonds. The van der Waals surface area contributed by atoms with Crippen LogP contribution in [0.25, 0.3) is 0 Å². The van der Waals surface area contributed by atoms with E-state index in [1.807, 2.05) is 19.3 Å². The van der Waals surface area contributed by atoms with Crippen molar-refractivity contribution in [1.29, 1.82) is 0 Å². The highest BCUT2D eigenvalue weighted by molar-refractivity contribution is 6.10. The quantitative estimate of drug-likeness (QED) is 0.659. The van der Waals surface area contributed by atoms with E-state index in [0.29, 0.717) is 12.2 Å². The minimum absolute atomic E-state index is 0.0206. The van der Waals surface area contributed by atoms with Crippen molar-refractivity contribution in [1.82, 2.24) is 9.47 Å². The van der Waals surface area contributed by atoms with Crippen molar-refractivity contribution >= 4 is 17.5 Å². The van der Waals surface area contributed by atoms with Crippen molar-refractivity contribution in [2.24, 2.45) is 7.05 Å². The maximum atomic E-state index is 12.4. The monoisotopic (exact) mass is 233 g/mol. The molecule has 2 aliphatic rings. The smallest absolute Gasteiger partial charge is 0.273 e. The van der Waals surface area contributed by atoms with Crippen LogP contribution in [0.3, 0.4) is 0 Å². The number of aromatic nitrogens is 1. The van der Waals surface area contributed by atoms with Crippen LogP contribution in [0.5, 0.6) is 0 Å². The molecule has 5 nitrogen and oxygen atoms in total. The Hall–Kier alpha value is -1.78. The van der Waals surface area contributed by atoms with E-state index in [9.17, 15) is 9.59 Å². The average Bonchev–Trinajstić information content (AvgIpc) is 2.90. The van der Waals surface area contributed by atoms with E-state index in [1.54, 1.807) is 21.4 Å². The lowest BCUT2D eigenvalue weighted by Gasteiger charge is -2.22. The summed E-state index contributed by atoms with van der Waals surface area (Å²) < 4.78 is 1.79. The van der Waals surface area contributed by atoms with Gasteiger partial charge >= 0.3 is 0 Å². The summed E-state index contributed by atoms with van der Waals surface area (Å²) in [5.74, 6) is 0.00787. The normalized spacial score (nSPS) is 23.8. The van der Waals surface area contributed by atoms with Crippen LogP contribution in [0, 0.1) is 0 Å². The van der Waals surface area contributed by atoms with Gasteiger partial charge in [-0.15, -0.1) is 0 Å². The predicted octanol–water partition coefficient (Wildman–Crippen LogP) is 0.606. The third-order valence-electron chi connectivity index (χ3n) is 3.74. The predicted molar refractivity (Wildman–Crippen MR) is 62.9 cm³/mol. The van der Waals surface area contributed by atoms with E-state index in [2.05, 4.69) is 0 Å². The number of rotatable bonds is 0. The van der Waals surface area contributed by atoms with Crippen LogP contribution in [0.15, 0.2) is 12.3 Å². The Kier molecular flexibility index (Phi) is 2.05. The summed E-state index contributed by atoms with van der Waals surface area (Å²) in [6.07, 6.45) is 3.52. The van der Waals surface area contributed by atoms with Gasteiger partial charge in [-0.2, -0.15) is 0 Å². The fourth-order valence-corrected chi connectivity index (χ4v) is 2.79. The molecule has 1 aromatic heterocycles. The molecule has 0 aliphatic carbocycles. The summed E-state index contributed by atoms with van der Waals surface area (Å²) in [7, 11) is 3.59. The summed E-state index contributed by atoms with van der Waals surface area (Å²) in [5, 5.41) is 0. The Labute approximate surface area is 99.6 Å². The first kappa shape index (κ1) is 10.4. The van der Waals surface area contributed by atoms with E-state index in [1.165, 1.54) is 0 Å². The largest absolute Gasteiger partial charge is 0.345 e. The van der Waals surface area contributed by atoms with Crippen LogP contribution in [-0.4, -0.2) is 40.9 Å². The number of nitrogens with zero attached hydrogens (tertiary/aromatic N) is 3. The third kappa shape index (κ3) is 1.25. The molecule has 1 fully saturated rings. The van der Waals surface area contributed by atoms with Crippen LogP contribution in [0.4, 0.5) is 5.69 Å². The Morgan fingerprint density at radius 1 is 1.29 bits per heavy atom. The first-order valence-electron chi connectivity index (χ1n) is 5.85. The zero-order valence-electron chi connectivity index (χ0n) is 10.0. The van der Waals surface area contributed by atoms with E-state index in [4.69, 9.17) is 0 Å². The van der Waals surface area contributed by atoms with Gasteiger partial charge in [0.15, 0.2) is 0 Å². The van der Waals surface area contributed by atoms with Gasteiger partial charge in [-0.25, -0.2) is 0 Å². The topological polar surface area (TPSA) is 45.6 Å². The van der Waals surface area contributed by atoms with Crippen molar-refractivity contribution in [2.75, 3.05) is 18.5 Å². The standard InChI is InChI=1S/C12H15N3O2/c1-13-7-5-8-10(13)12(17)15-6-3-4-9(15)11(16)14(8)2/h5,7,9H,3-4,6H2,1-2H3/t9-/m0/s1. The zero-order valence-corrected chi connectivity index (χ0v) is 10.0. The maximum absolute atomic E-state index is 12.4. The van der Waals surface area contributed by atoms with E-state index in [0.717, 1.165) is 18.5 Å². The number of carbonyl (C=O) groups is 2. The van der Waals surface area contributed by atoms with Crippen molar-refractivity contribution in [3.8, 4) is 0 Å². The molecular weight excluding hydrogens is 218 g/mol. The highest BCUT2D eigenvalue weighted by atomic mass is 16.2. The van der Waals surface area contributed by atoms with Crippen molar-refractivity contribution in [3.05, 3.63) is 18.0 Å². The van der Waals surface area contributed by atoms with Crippen LogP contribution in [0.1, 0.15) is 23.3 Å². The van der Waals surface area contributed by atoms with Crippen molar-refractivity contribution in [2.45, 2.75) is 18.9 Å². The lowest BCUT2D eigenvalue weighted by atomic mass is 10.2. The molecule has 90 valence electrons. The van der Waals surface area contributed by atoms with Gasteiger partial charge in [-0.1, -0.05) is 0 Å². The molecule has 0 radical (unpaired) electrons. The second-order valence-electron chi connectivity index (χ2n) is 4.71. The van der Waals surface area contributed by atoms with Crippen LogP contribution in [-0.2, 0) is 11.8 Å². The Morgan fingerprint density at radius 2 is 2.06 bits per heavy atom. The molecule has 3 heterocycles. The molecule has 1 saturated heterocycles. The summed E-state index contributed by atoms with van der Waals surface area (Å²) >= 11 is 0. The minimum atomic E-state index is -0.264. The average molecular weight is 233 g/mol. The van der Waals surface area contributed by atoms with Gasteiger partial charge in [0.2, 0.25) is 5.91 Å². The van der Waals surface area contributed by atoms with E-state index in [-0.39, 0.29) is 17.9 Å². The molecule has 5 heteroatoms. The number of carbonyl (C=O) groups excluding carboxylic acids is 2. The zero-order chi connectivity index (χ0) is 12.2. The van der Waals surface area contributed by atoms with Crippen LogP contribution < -0.4 is 4.90 Å². The van der Waals surface area contributed by atoms with E-state index < -0.39 is 0 Å². The lowest BCUT2D eigenvalue weighted by Crippen LogP contribution is -2.43. The summed E-state index contributed by atoms with van der Waals surface area (Å²) in [4.78, 5) is 28.0. The summed E-state index contributed by atoms with van der Waals surface area (Å²) in [5.41, 5.74) is 1.34. The number of hydrogen-bond donors (Lipinski definition) is 0. The summed E-state index contributed by atoms with van der Waals surface area (Å²) in [6, 6.07) is 1.56. The van der Waals surface area contributed by atoms with Crippen molar-refractivity contribution < 1.29 is 9.59 Å². The van der Waals surface area contributed by atoms with Crippen LogP contribution in [0.2, 0.25) is 0 Å². The van der Waals surface area contributed by atoms with Crippen molar-refractivity contribution in [3.63, 3.8) is 0 Å². The maximum Gasteiger partial charge on any atom is 0.273 e. The molecule has 1 aromatic rings. The lowest BCUT2D eigenvalue weighted by molar-refractivity contribution is -0.121. The number of hydrogen-bond acceptors (Lipinski definition) is 2. The molecule has 0 spiro atoms. The van der Waals surface area contributed by atoms with Gasteiger partial charge in [0, 0.05) is 26.8 Å².